The van der Waals surface area contributed by atoms with Crippen molar-refractivity contribution in [3.05, 3.63) is 59.9 Å². The van der Waals surface area contributed by atoms with E-state index >= 15 is 0 Å². The lowest BCUT2D eigenvalue weighted by atomic mass is 10.1. The van der Waals surface area contributed by atoms with E-state index in [2.05, 4.69) is 10.3 Å². The first kappa shape index (κ1) is 15.5. The summed E-state index contributed by atoms with van der Waals surface area (Å²) in [6, 6.07) is 9.75. The number of hydrogen-bond acceptors (Lipinski definition) is 5. The molecule has 0 aliphatic rings. The van der Waals surface area contributed by atoms with Gasteiger partial charge in [0.05, 0.1) is 18.9 Å². The summed E-state index contributed by atoms with van der Waals surface area (Å²) in [4.78, 5) is 27.7. The maximum absolute atomic E-state index is 12.1. The summed E-state index contributed by atoms with van der Waals surface area (Å²) in [5.41, 5.74) is 1.06. The predicted molar refractivity (Wildman–Crippen MR) is 79.3 cm³/mol. The zero-order valence-corrected chi connectivity index (χ0v) is 12.0. The smallest absolute Gasteiger partial charge is 0.328 e. The van der Waals surface area contributed by atoms with Crippen LogP contribution < -0.4 is 5.32 Å². The van der Waals surface area contributed by atoms with Crippen LogP contribution in [0, 0.1) is 0 Å². The molecule has 1 unspecified atom stereocenters. The van der Waals surface area contributed by atoms with Crippen LogP contribution in [0.15, 0.2) is 48.8 Å². The fourth-order valence-corrected chi connectivity index (χ4v) is 1.98. The molecule has 0 radical (unpaired) electrons. The van der Waals surface area contributed by atoms with E-state index < -0.39 is 17.9 Å². The molecular weight excluding hydrogens is 284 g/mol. The molecule has 1 heterocycles. The molecule has 0 spiro atoms. The van der Waals surface area contributed by atoms with Crippen molar-refractivity contribution in [2.24, 2.45) is 0 Å². The van der Waals surface area contributed by atoms with Crippen molar-refractivity contribution in [1.82, 2.24) is 10.3 Å². The molecule has 22 heavy (non-hydrogen) atoms. The SMILES string of the molecule is COC(=O)C(Cc1ccccc1)NC(=O)c1cncc(O)c1. The quantitative estimate of drug-likeness (QED) is 0.813. The Labute approximate surface area is 127 Å². The number of ether oxygens (including phenoxy) is 1. The molecule has 0 saturated carbocycles. The van der Waals surface area contributed by atoms with E-state index in [1.54, 1.807) is 0 Å². The Balaban J connectivity index is 2.13. The molecule has 1 aromatic heterocycles. The lowest BCUT2D eigenvalue weighted by Crippen LogP contribution is -2.43. The second-order valence-corrected chi connectivity index (χ2v) is 4.67. The summed E-state index contributed by atoms with van der Waals surface area (Å²) >= 11 is 0. The number of nitrogens with zero attached hydrogens (tertiary/aromatic N) is 1. The minimum absolute atomic E-state index is 0.120. The molecule has 114 valence electrons. The van der Waals surface area contributed by atoms with Crippen LogP contribution in [-0.2, 0) is 16.0 Å². The number of pyridine rings is 1. The van der Waals surface area contributed by atoms with Crippen LogP contribution in [0.3, 0.4) is 0 Å². The van der Waals surface area contributed by atoms with Gasteiger partial charge in [0.1, 0.15) is 11.8 Å². The van der Waals surface area contributed by atoms with Crippen molar-refractivity contribution in [3.63, 3.8) is 0 Å². The van der Waals surface area contributed by atoms with E-state index in [1.807, 2.05) is 30.3 Å². The van der Waals surface area contributed by atoms with Crippen LogP contribution >= 0.6 is 0 Å². The highest BCUT2D eigenvalue weighted by Gasteiger charge is 2.22. The third kappa shape index (κ3) is 4.05. The molecule has 0 saturated heterocycles. The number of benzene rings is 1. The summed E-state index contributed by atoms with van der Waals surface area (Å²) in [5, 5.41) is 11.9. The fraction of sp³-hybridized carbons (Fsp3) is 0.188. The number of aromatic nitrogens is 1. The number of nitrogens with one attached hydrogen (secondary N) is 1. The first-order valence-electron chi connectivity index (χ1n) is 6.67. The van der Waals surface area contributed by atoms with E-state index in [0.717, 1.165) is 5.56 Å². The molecule has 1 atom stereocenters. The van der Waals surface area contributed by atoms with E-state index in [0.29, 0.717) is 6.42 Å². The molecule has 2 aromatic rings. The summed E-state index contributed by atoms with van der Waals surface area (Å²) in [7, 11) is 1.27. The Morgan fingerprint density at radius 3 is 2.64 bits per heavy atom. The maximum Gasteiger partial charge on any atom is 0.328 e. The summed E-state index contributed by atoms with van der Waals surface area (Å²) in [6.45, 7) is 0. The van der Waals surface area contributed by atoms with Crippen LogP contribution in [0.5, 0.6) is 5.75 Å². The number of hydrogen-bond donors (Lipinski definition) is 2. The van der Waals surface area contributed by atoms with E-state index in [4.69, 9.17) is 4.74 Å². The molecule has 0 fully saturated rings. The van der Waals surface area contributed by atoms with Crippen molar-refractivity contribution in [2.45, 2.75) is 12.5 Å². The van der Waals surface area contributed by atoms with Crippen LogP contribution in [0.25, 0.3) is 0 Å². The molecule has 1 aromatic carbocycles. The van der Waals surface area contributed by atoms with Gasteiger partial charge in [0.2, 0.25) is 0 Å². The molecule has 2 N–H and O–H groups in total. The van der Waals surface area contributed by atoms with Gasteiger partial charge < -0.3 is 15.2 Å². The van der Waals surface area contributed by atoms with Gasteiger partial charge in [0.25, 0.3) is 5.91 Å². The number of amides is 1. The van der Waals surface area contributed by atoms with Gasteiger partial charge in [-0.05, 0) is 11.6 Å². The lowest BCUT2D eigenvalue weighted by molar-refractivity contribution is -0.142. The van der Waals surface area contributed by atoms with Crippen LogP contribution in [0.4, 0.5) is 0 Å². The summed E-state index contributed by atoms with van der Waals surface area (Å²) in [5.74, 6) is -1.16. The number of carbonyl (C=O) groups is 2. The second kappa shape index (κ2) is 7.21. The topological polar surface area (TPSA) is 88.5 Å². The Morgan fingerprint density at radius 1 is 1.27 bits per heavy atom. The Hall–Kier alpha value is -2.89. The minimum Gasteiger partial charge on any atom is -0.506 e. The number of esters is 1. The Morgan fingerprint density at radius 2 is 2.00 bits per heavy atom. The largest absolute Gasteiger partial charge is 0.506 e. The molecule has 2 rings (SSSR count). The number of methoxy groups -OCH3 is 1. The molecule has 6 heteroatoms. The van der Waals surface area contributed by atoms with Gasteiger partial charge in [-0.2, -0.15) is 0 Å². The first-order valence-corrected chi connectivity index (χ1v) is 6.67. The third-order valence-corrected chi connectivity index (χ3v) is 3.06. The van der Waals surface area contributed by atoms with Gasteiger partial charge in [0, 0.05) is 12.6 Å². The number of carbonyl (C=O) groups excluding carboxylic acids is 2. The van der Waals surface area contributed by atoms with Gasteiger partial charge >= 0.3 is 5.97 Å². The normalized spacial score (nSPS) is 11.5. The molecule has 0 aliphatic heterocycles. The zero-order valence-electron chi connectivity index (χ0n) is 12.0. The average molecular weight is 300 g/mol. The molecular formula is C16H16N2O4. The van der Waals surface area contributed by atoms with Crippen molar-refractivity contribution in [2.75, 3.05) is 7.11 Å². The van der Waals surface area contributed by atoms with Gasteiger partial charge in [0.15, 0.2) is 0 Å². The van der Waals surface area contributed by atoms with Crippen LogP contribution in [-0.4, -0.2) is 35.1 Å². The Kier molecular flexibility index (Phi) is 5.08. The highest BCUT2D eigenvalue weighted by Crippen LogP contribution is 2.10. The van der Waals surface area contributed by atoms with Gasteiger partial charge in [-0.15, -0.1) is 0 Å². The molecule has 0 aliphatic carbocycles. The summed E-state index contributed by atoms with van der Waals surface area (Å²) < 4.78 is 4.73. The lowest BCUT2D eigenvalue weighted by Gasteiger charge is -2.16. The monoisotopic (exact) mass is 300 g/mol. The third-order valence-electron chi connectivity index (χ3n) is 3.06. The fourth-order valence-electron chi connectivity index (χ4n) is 1.98. The number of rotatable bonds is 5. The van der Waals surface area contributed by atoms with E-state index in [1.165, 1.54) is 25.6 Å². The number of aromatic hydroxyl groups is 1. The van der Waals surface area contributed by atoms with E-state index in [9.17, 15) is 14.7 Å². The first-order chi connectivity index (χ1) is 10.6. The van der Waals surface area contributed by atoms with Crippen molar-refractivity contribution >= 4 is 11.9 Å². The van der Waals surface area contributed by atoms with E-state index in [-0.39, 0.29) is 11.3 Å². The van der Waals surface area contributed by atoms with Gasteiger partial charge in [-0.1, -0.05) is 30.3 Å². The van der Waals surface area contributed by atoms with Crippen LogP contribution in [0.2, 0.25) is 0 Å². The van der Waals surface area contributed by atoms with Crippen LogP contribution in [0.1, 0.15) is 15.9 Å². The van der Waals surface area contributed by atoms with Gasteiger partial charge in [-0.3, -0.25) is 9.78 Å². The van der Waals surface area contributed by atoms with Crippen molar-refractivity contribution in [3.8, 4) is 5.75 Å². The van der Waals surface area contributed by atoms with Crippen molar-refractivity contribution < 1.29 is 19.4 Å². The maximum atomic E-state index is 12.1. The second-order valence-electron chi connectivity index (χ2n) is 4.67. The highest BCUT2D eigenvalue weighted by molar-refractivity contribution is 5.96. The zero-order chi connectivity index (χ0) is 15.9. The molecule has 6 nitrogen and oxygen atoms in total. The Bertz CT molecular complexity index is 658. The molecule has 0 bridgehead atoms. The standard InChI is InChI=1S/C16H16N2O4/c1-22-16(21)14(7-11-5-3-2-4-6-11)18-15(20)12-8-13(19)10-17-9-12/h2-6,8-10,14,19H,7H2,1H3,(H,18,20). The highest BCUT2D eigenvalue weighted by atomic mass is 16.5. The van der Waals surface area contributed by atoms with Crippen molar-refractivity contribution in [1.29, 1.82) is 0 Å². The van der Waals surface area contributed by atoms with Gasteiger partial charge in [-0.25, -0.2) is 4.79 Å². The average Bonchev–Trinajstić information content (AvgIpc) is 2.54. The summed E-state index contributed by atoms with van der Waals surface area (Å²) in [6.07, 6.45) is 2.84. The molecule has 1 amide bonds. The minimum atomic E-state index is -0.817. The predicted octanol–water partition coefficient (Wildman–Crippen LogP) is 1.30.